The van der Waals surface area contributed by atoms with E-state index in [9.17, 15) is 0 Å². The predicted molar refractivity (Wildman–Crippen MR) is 82.0 cm³/mol. The van der Waals surface area contributed by atoms with E-state index in [1.807, 2.05) is 32.4 Å². The highest BCUT2D eigenvalue weighted by atomic mass is 16.5. The average molecular weight is 270 g/mol. The lowest BCUT2D eigenvalue weighted by molar-refractivity contribution is 0.339. The Hall–Kier alpha value is -1.87. The van der Waals surface area contributed by atoms with Gasteiger partial charge in [-0.2, -0.15) is 0 Å². The van der Waals surface area contributed by atoms with Gasteiger partial charge < -0.3 is 10.1 Å². The second-order valence-corrected chi connectivity index (χ2v) is 4.74. The van der Waals surface area contributed by atoms with Gasteiger partial charge in [-0.25, -0.2) is 0 Å². The van der Waals surface area contributed by atoms with E-state index in [0.29, 0.717) is 12.6 Å². The Bertz CT molecular complexity index is 513. The molecule has 1 unspecified atom stereocenters. The van der Waals surface area contributed by atoms with Gasteiger partial charge in [-0.15, -0.1) is 0 Å². The summed E-state index contributed by atoms with van der Waals surface area (Å²) in [6, 6.07) is 12.8. The SMILES string of the molecule is CCOc1cccc(C(CCc2ccncc2)NC)c1. The smallest absolute Gasteiger partial charge is 0.119 e. The summed E-state index contributed by atoms with van der Waals surface area (Å²) in [5.74, 6) is 0.939. The van der Waals surface area contributed by atoms with Crippen molar-refractivity contribution < 1.29 is 4.74 Å². The number of hydrogen-bond acceptors (Lipinski definition) is 3. The molecule has 20 heavy (non-hydrogen) atoms. The molecular weight excluding hydrogens is 248 g/mol. The monoisotopic (exact) mass is 270 g/mol. The summed E-state index contributed by atoms with van der Waals surface area (Å²) in [7, 11) is 2.00. The van der Waals surface area contributed by atoms with Crippen LogP contribution in [-0.4, -0.2) is 18.6 Å². The fraction of sp³-hybridized carbons (Fsp3) is 0.353. The maximum absolute atomic E-state index is 5.57. The van der Waals surface area contributed by atoms with Crippen molar-refractivity contribution in [2.45, 2.75) is 25.8 Å². The number of nitrogens with zero attached hydrogens (tertiary/aromatic N) is 1. The second-order valence-electron chi connectivity index (χ2n) is 4.74. The average Bonchev–Trinajstić information content (AvgIpc) is 2.50. The van der Waals surface area contributed by atoms with Crippen LogP contribution in [0.25, 0.3) is 0 Å². The molecule has 0 amide bonds. The summed E-state index contributed by atoms with van der Waals surface area (Å²) in [6.45, 7) is 2.70. The Kier molecular flexibility index (Phi) is 5.56. The van der Waals surface area contributed by atoms with Crippen molar-refractivity contribution in [3.63, 3.8) is 0 Å². The molecule has 1 heterocycles. The fourth-order valence-electron chi connectivity index (χ4n) is 2.33. The molecule has 0 radical (unpaired) electrons. The molecular formula is C17H22N2O. The number of pyridine rings is 1. The third kappa shape index (κ3) is 4.07. The number of hydrogen-bond donors (Lipinski definition) is 1. The number of rotatable bonds is 7. The van der Waals surface area contributed by atoms with Gasteiger partial charge in [0.05, 0.1) is 6.61 Å². The Morgan fingerprint density at radius 1 is 1.20 bits per heavy atom. The van der Waals surface area contributed by atoms with Gasteiger partial charge in [0.2, 0.25) is 0 Å². The highest BCUT2D eigenvalue weighted by Crippen LogP contribution is 2.23. The lowest BCUT2D eigenvalue weighted by Gasteiger charge is -2.17. The van der Waals surface area contributed by atoms with Gasteiger partial charge >= 0.3 is 0 Å². The van der Waals surface area contributed by atoms with Crippen molar-refractivity contribution >= 4 is 0 Å². The summed E-state index contributed by atoms with van der Waals surface area (Å²) < 4.78 is 5.57. The van der Waals surface area contributed by atoms with Crippen LogP contribution in [0.5, 0.6) is 5.75 Å². The largest absolute Gasteiger partial charge is 0.494 e. The molecule has 2 rings (SSSR count). The Labute approximate surface area is 121 Å². The molecule has 1 aromatic carbocycles. The van der Waals surface area contributed by atoms with E-state index in [4.69, 9.17) is 4.74 Å². The number of benzene rings is 1. The van der Waals surface area contributed by atoms with Crippen LogP contribution < -0.4 is 10.1 Å². The van der Waals surface area contributed by atoms with Gasteiger partial charge in [0.1, 0.15) is 5.75 Å². The van der Waals surface area contributed by atoms with Gasteiger partial charge in [0, 0.05) is 18.4 Å². The van der Waals surface area contributed by atoms with Gasteiger partial charge in [0.25, 0.3) is 0 Å². The molecule has 0 spiro atoms. The van der Waals surface area contributed by atoms with Crippen molar-refractivity contribution in [3.05, 3.63) is 59.9 Å². The van der Waals surface area contributed by atoms with E-state index in [-0.39, 0.29) is 0 Å². The maximum Gasteiger partial charge on any atom is 0.119 e. The van der Waals surface area contributed by atoms with E-state index < -0.39 is 0 Å². The summed E-state index contributed by atoms with van der Waals surface area (Å²) in [6.07, 6.45) is 5.78. The molecule has 0 aliphatic carbocycles. The second kappa shape index (κ2) is 7.65. The summed E-state index contributed by atoms with van der Waals surface area (Å²) in [5, 5.41) is 3.39. The molecule has 0 saturated heterocycles. The van der Waals surface area contributed by atoms with Crippen LogP contribution in [0.15, 0.2) is 48.8 Å². The van der Waals surface area contributed by atoms with Crippen molar-refractivity contribution in [1.82, 2.24) is 10.3 Å². The highest BCUT2D eigenvalue weighted by Gasteiger charge is 2.10. The van der Waals surface area contributed by atoms with Crippen LogP contribution in [-0.2, 0) is 6.42 Å². The Morgan fingerprint density at radius 3 is 2.70 bits per heavy atom. The first-order valence-corrected chi connectivity index (χ1v) is 7.12. The topological polar surface area (TPSA) is 34.1 Å². The van der Waals surface area contributed by atoms with Crippen molar-refractivity contribution in [1.29, 1.82) is 0 Å². The molecule has 0 fully saturated rings. The van der Waals surface area contributed by atoms with Crippen molar-refractivity contribution in [3.8, 4) is 5.75 Å². The minimum atomic E-state index is 0.337. The van der Waals surface area contributed by atoms with E-state index in [1.165, 1.54) is 11.1 Å². The summed E-state index contributed by atoms with van der Waals surface area (Å²) in [5.41, 5.74) is 2.59. The molecule has 0 bridgehead atoms. The van der Waals surface area contributed by atoms with Gasteiger partial charge in [0.15, 0.2) is 0 Å². The van der Waals surface area contributed by atoms with Crippen LogP contribution in [0, 0.1) is 0 Å². The first-order chi connectivity index (χ1) is 9.83. The molecule has 1 N–H and O–H groups in total. The van der Waals surface area contributed by atoms with E-state index >= 15 is 0 Å². The van der Waals surface area contributed by atoms with Crippen LogP contribution in [0.1, 0.15) is 30.5 Å². The zero-order chi connectivity index (χ0) is 14.2. The number of aromatic nitrogens is 1. The molecule has 106 valence electrons. The molecule has 1 aromatic heterocycles. The normalized spacial score (nSPS) is 12.1. The number of ether oxygens (including phenoxy) is 1. The Balaban J connectivity index is 2.02. The van der Waals surface area contributed by atoms with Crippen LogP contribution in [0.3, 0.4) is 0 Å². The van der Waals surface area contributed by atoms with Gasteiger partial charge in [-0.3, -0.25) is 4.98 Å². The number of nitrogens with one attached hydrogen (secondary N) is 1. The first-order valence-electron chi connectivity index (χ1n) is 7.12. The standard InChI is InChI=1S/C17H22N2O/c1-3-20-16-6-4-5-15(13-16)17(18-2)8-7-14-9-11-19-12-10-14/h4-6,9-13,17-18H,3,7-8H2,1-2H3. The summed E-state index contributed by atoms with van der Waals surface area (Å²) in [4.78, 5) is 4.05. The third-order valence-corrected chi connectivity index (χ3v) is 3.39. The quantitative estimate of drug-likeness (QED) is 0.837. The maximum atomic E-state index is 5.57. The lowest BCUT2D eigenvalue weighted by Crippen LogP contribution is -2.17. The highest BCUT2D eigenvalue weighted by molar-refractivity contribution is 5.30. The molecule has 0 saturated carbocycles. The molecule has 1 atom stereocenters. The van der Waals surface area contributed by atoms with E-state index in [1.54, 1.807) is 0 Å². The molecule has 3 nitrogen and oxygen atoms in total. The van der Waals surface area contributed by atoms with Crippen LogP contribution in [0.4, 0.5) is 0 Å². The van der Waals surface area contributed by atoms with Crippen LogP contribution >= 0.6 is 0 Å². The minimum Gasteiger partial charge on any atom is -0.494 e. The zero-order valence-corrected chi connectivity index (χ0v) is 12.2. The first kappa shape index (κ1) is 14.5. The lowest BCUT2D eigenvalue weighted by atomic mass is 9.99. The van der Waals surface area contributed by atoms with Gasteiger partial charge in [-0.05, 0) is 62.2 Å². The zero-order valence-electron chi connectivity index (χ0n) is 12.2. The third-order valence-electron chi connectivity index (χ3n) is 3.39. The minimum absolute atomic E-state index is 0.337. The molecule has 0 aliphatic rings. The fourth-order valence-corrected chi connectivity index (χ4v) is 2.33. The molecule has 0 aliphatic heterocycles. The predicted octanol–water partition coefficient (Wildman–Crippen LogP) is 3.37. The Morgan fingerprint density at radius 2 is 2.00 bits per heavy atom. The van der Waals surface area contributed by atoms with Gasteiger partial charge in [-0.1, -0.05) is 12.1 Å². The van der Waals surface area contributed by atoms with Crippen LogP contribution in [0.2, 0.25) is 0 Å². The number of aryl methyl sites for hydroxylation is 1. The molecule has 2 aromatic rings. The van der Waals surface area contributed by atoms with E-state index in [0.717, 1.165) is 18.6 Å². The van der Waals surface area contributed by atoms with Crippen molar-refractivity contribution in [2.75, 3.05) is 13.7 Å². The molecule has 3 heteroatoms. The van der Waals surface area contributed by atoms with E-state index in [2.05, 4.69) is 40.6 Å². The van der Waals surface area contributed by atoms with Crippen molar-refractivity contribution in [2.24, 2.45) is 0 Å². The summed E-state index contributed by atoms with van der Waals surface area (Å²) >= 11 is 0.